The predicted molar refractivity (Wildman–Crippen MR) is 60.1 cm³/mol. The fourth-order valence-corrected chi connectivity index (χ4v) is 1.14. The number of hydrogen-bond donors (Lipinski definition) is 1. The summed E-state index contributed by atoms with van der Waals surface area (Å²) in [5, 5.41) is 0. The minimum Gasteiger partial charge on any atom is -0.484 e. The molecule has 2 N–H and O–H groups in total. The van der Waals surface area contributed by atoms with Crippen molar-refractivity contribution in [3.63, 3.8) is 0 Å². The molecule has 0 saturated carbocycles. The first-order chi connectivity index (χ1) is 7.15. The predicted octanol–water partition coefficient (Wildman–Crippen LogP) is 0.762. The van der Waals surface area contributed by atoms with Gasteiger partial charge in [0.05, 0.1) is 0 Å². The Hall–Kier alpha value is -1.55. The van der Waals surface area contributed by atoms with E-state index in [-0.39, 0.29) is 5.56 Å². The molecule has 0 bridgehead atoms. The largest absolute Gasteiger partial charge is 0.484 e. The zero-order valence-corrected chi connectivity index (χ0v) is 8.90. The van der Waals surface area contributed by atoms with Gasteiger partial charge in [0.1, 0.15) is 6.61 Å². The molecular weight excluding hydrogens is 192 g/mol. The van der Waals surface area contributed by atoms with Crippen molar-refractivity contribution in [3.8, 4) is 5.75 Å². The molecule has 0 spiro atoms. The number of aromatic nitrogens is 1. The third-order valence-electron chi connectivity index (χ3n) is 1.83. The summed E-state index contributed by atoms with van der Waals surface area (Å²) in [4.78, 5) is 11.7. The Morgan fingerprint density at radius 3 is 3.00 bits per heavy atom. The molecule has 0 aliphatic rings. The molecule has 1 aromatic rings. The third kappa shape index (κ3) is 3.25. The number of hydrogen-bond acceptors (Lipinski definition) is 3. The van der Waals surface area contributed by atoms with Crippen LogP contribution >= 0.6 is 0 Å². The van der Waals surface area contributed by atoms with Crippen molar-refractivity contribution in [3.05, 3.63) is 40.8 Å². The lowest BCUT2D eigenvalue weighted by molar-refractivity contribution is 0.344. The molecule has 15 heavy (non-hydrogen) atoms. The number of ether oxygens (including phenoxy) is 1. The molecule has 0 radical (unpaired) electrons. The molecule has 0 aliphatic heterocycles. The van der Waals surface area contributed by atoms with Crippen molar-refractivity contribution in [2.24, 2.45) is 5.73 Å². The Morgan fingerprint density at radius 1 is 1.67 bits per heavy atom. The van der Waals surface area contributed by atoms with Crippen molar-refractivity contribution < 1.29 is 4.74 Å². The van der Waals surface area contributed by atoms with Crippen molar-refractivity contribution in [2.45, 2.75) is 13.5 Å². The third-order valence-corrected chi connectivity index (χ3v) is 1.83. The Morgan fingerprint density at radius 2 is 2.40 bits per heavy atom. The van der Waals surface area contributed by atoms with Gasteiger partial charge in [0.15, 0.2) is 5.75 Å². The monoisotopic (exact) mass is 208 g/mol. The minimum absolute atomic E-state index is 0.149. The van der Waals surface area contributed by atoms with Crippen molar-refractivity contribution in [1.29, 1.82) is 0 Å². The summed E-state index contributed by atoms with van der Waals surface area (Å²) >= 11 is 0. The van der Waals surface area contributed by atoms with Gasteiger partial charge in [-0.2, -0.15) is 0 Å². The molecule has 1 heterocycles. The Balaban J connectivity index is 2.84. The van der Waals surface area contributed by atoms with Crippen LogP contribution in [0.2, 0.25) is 0 Å². The quantitative estimate of drug-likeness (QED) is 0.727. The number of rotatable bonds is 5. The molecule has 1 aromatic heterocycles. The van der Waals surface area contributed by atoms with E-state index < -0.39 is 0 Å². The molecule has 0 saturated heterocycles. The zero-order valence-electron chi connectivity index (χ0n) is 8.90. The van der Waals surface area contributed by atoms with Crippen LogP contribution in [-0.4, -0.2) is 17.7 Å². The van der Waals surface area contributed by atoms with Gasteiger partial charge in [0.2, 0.25) is 0 Å². The fraction of sp³-hybridized carbons (Fsp3) is 0.364. The minimum atomic E-state index is -0.149. The maximum absolute atomic E-state index is 11.7. The first kappa shape index (κ1) is 11.5. The molecule has 4 nitrogen and oxygen atoms in total. The van der Waals surface area contributed by atoms with Gasteiger partial charge >= 0.3 is 0 Å². The van der Waals surface area contributed by atoms with Crippen LogP contribution in [0.1, 0.15) is 6.92 Å². The van der Waals surface area contributed by atoms with Crippen molar-refractivity contribution >= 4 is 0 Å². The normalized spacial score (nSPS) is 10.0. The molecule has 0 atom stereocenters. The molecule has 0 aromatic carbocycles. The van der Waals surface area contributed by atoms with Crippen LogP contribution in [0.5, 0.6) is 5.75 Å². The molecule has 0 fully saturated rings. The van der Waals surface area contributed by atoms with Crippen LogP contribution in [0.4, 0.5) is 0 Å². The second-order valence-electron chi connectivity index (χ2n) is 3.41. The highest BCUT2D eigenvalue weighted by Crippen LogP contribution is 2.03. The molecule has 0 unspecified atom stereocenters. The van der Waals surface area contributed by atoms with E-state index in [0.717, 1.165) is 5.57 Å². The Labute approximate surface area is 89.0 Å². The maximum atomic E-state index is 11.7. The number of nitrogens with two attached hydrogens (primary N) is 1. The van der Waals surface area contributed by atoms with Crippen molar-refractivity contribution in [1.82, 2.24) is 4.57 Å². The molecule has 4 heteroatoms. The summed E-state index contributed by atoms with van der Waals surface area (Å²) in [6.45, 7) is 6.85. The van der Waals surface area contributed by atoms with Gasteiger partial charge in [-0.05, 0) is 24.6 Å². The van der Waals surface area contributed by atoms with Gasteiger partial charge in [-0.25, -0.2) is 0 Å². The van der Waals surface area contributed by atoms with Crippen LogP contribution in [-0.2, 0) is 6.54 Å². The molecule has 1 rings (SSSR count). The first-order valence-corrected chi connectivity index (χ1v) is 4.82. The van der Waals surface area contributed by atoms with Gasteiger partial charge in [0, 0.05) is 19.3 Å². The standard InChI is InChI=1S/C11H16N2O2/c1-9(2)8-15-10-4-3-6-13(7-5-12)11(10)14/h3-4,6H,1,5,7-8,12H2,2H3. The van der Waals surface area contributed by atoms with E-state index in [1.165, 1.54) is 4.57 Å². The highest BCUT2D eigenvalue weighted by Gasteiger charge is 2.02. The lowest BCUT2D eigenvalue weighted by Crippen LogP contribution is -2.24. The lowest BCUT2D eigenvalue weighted by atomic mass is 10.4. The van der Waals surface area contributed by atoms with Gasteiger partial charge < -0.3 is 15.0 Å². The summed E-state index contributed by atoms with van der Waals surface area (Å²) < 4.78 is 6.85. The van der Waals surface area contributed by atoms with Crippen LogP contribution in [0.3, 0.4) is 0 Å². The first-order valence-electron chi connectivity index (χ1n) is 4.82. The number of pyridine rings is 1. The van der Waals surface area contributed by atoms with Gasteiger partial charge in [-0.3, -0.25) is 4.79 Å². The van der Waals surface area contributed by atoms with Gasteiger partial charge in [-0.1, -0.05) is 6.58 Å². The Kier molecular flexibility index (Phi) is 4.12. The second kappa shape index (κ2) is 5.36. The molecule has 82 valence electrons. The van der Waals surface area contributed by atoms with E-state index in [2.05, 4.69) is 6.58 Å². The topological polar surface area (TPSA) is 57.2 Å². The summed E-state index contributed by atoms with van der Waals surface area (Å²) in [6.07, 6.45) is 1.70. The van der Waals surface area contributed by atoms with E-state index in [0.29, 0.717) is 25.4 Å². The summed E-state index contributed by atoms with van der Waals surface area (Å²) in [6, 6.07) is 3.42. The maximum Gasteiger partial charge on any atom is 0.292 e. The van der Waals surface area contributed by atoms with Gasteiger partial charge in [-0.15, -0.1) is 0 Å². The van der Waals surface area contributed by atoms with E-state index in [1.54, 1.807) is 18.3 Å². The lowest BCUT2D eigenvalue weighted by Gasteiger charge is -2.08. The van der Waals surface area contributed by atoms with Crippen LogP contribution < -0.4 is 16.0 Å². The second-order valence-corrected chi connectivity index (χ2v) is 3.41. The van der Waals surface area contributed by atoms with Crippen LogP contribution in [0, 0.1) is 0 Å². The summed E-state index contributed by atoms with van der Waals surface area (Å²) in [5.41, 5.74) is 6.12. The van der Waals surface area contributed by atoms with Crippen molar-refractivity contribution in [2.75, 3.05) is 13.2 Å². The summed E-state index contributed by atoms with van der Waals surface area (Å²) in [7, 11) is 0. The highest BCUT2D eigenvalue weighted by atomic mass is 16.5. The average molecular weight is 208 g/mol. The average Bonchev–Trinajstić information content (AvgIpc) is 2.19. The van der Waals surface area contributed by atoms with Crippen LogP contribution in [0.15, 0.2) is 35.3 Å². The van der Waals surface area contributed by atoms with Crippen LogP contribution in [0.25, 0.3) is 0 Å². The molecular formula is C11H16N2O2. The van der Waals surface area contributed by atoms with E-state index in [1.807, 2.05) is 6.92 Å². The van der Waals surface area contributed by atoms with E-state index in [9.17, 15) is 4.79 Å². The molecule has 0 amide bonds. The highest BCUT2D eigenvalue weighted by molar-refractivity contribution is 5.18. The van der Waals surface area contributed by atoms with E-state index in [4.69, 9.17) is 10.5 Å². The van der Waals surface area contributed by atoms with Gasteiger partial charge in [0.25, 0.3) is 5.56 Å². The Bertz CT molecular complexity index is 396. The summed E-state index contributed by atoms with van der Waals surface area (Å²) in [5.74, 6) is 0.342. The van der Waals surface area contributed by atoms with E-state index >= 15 is 0 Å². The SMILES string of the molecule is C=C(C)COc1cccn(CCN)c1=O. The number of nitrogens with zero attached hydrogens (tertiary/aromatic N) is 1. The zero-order chi connectivity index (χ0) is 11.3. The fourth-order valence-electron chi connectivity index (χ4n) is 1.14. The molecule has 0 aliphatic carbocycles. The smallest absolute Gasteiger partial charge is 0.292 e.